The van der Waals surface area contributed by atoms with Gasteiger partial charge >= 0.3 is 12.0 Å². The summed E-state index contributed by atoms with van der Waals surface area (Å²) in [7, 11) is 0. The van der Waals surface area contributed by atoms with Crippen molar-refractivity contribution in [1.29, 1.82) is 0 Å². The van der Waals surface area contributed by atoms with Gasteiger partial charge in [-0.05, 0) is 6.92 Å². The molecule has 0 aliphatic carbocycles. The lowest BCUT2D eigenvalue weighted by Gasteiger charge is -2.09. The SMILES string of the molecule is C[C@@H](NC(=O)NCc1ncc[nH]1)C(=O)O. The molecule has 4 N–H and O–H groups in total. The fraction of sp³-hybridized carbons (Fsp3) is 0.375. The van der Waals surface area contributed by atoms with Crippen molar-refractivity contribution >= 4 is 12.0 Å². The number of aromatic nitrogens is 2. The highest BCUT2D eigenvalue weighted by Crippen LogP contribution is 1.87. The zero-order chi connectivity index (χ0) is 11.3. The Bertz CT molecular complexity index is 336. The van der Waals surface area contributed by atoms with Crippen LogP contribution in [0.2, 0.25) is 0 Å². The Morgan fingerprint density at radius 1 is 1.67 bits per heavy atom. The average molecular weight is 212 g/mol. The summed E-state index contributed by atoms with van der Waals surface area (Å²) in [6, 6.07) is -1.46. The van der Waals surface area contributed by atoms with Gasteiger partial charge in [0.15, 0.2) is 0 Å². The topological polar surface area (TPSA) is 107 Å². The third-order valence-electron chi connectivity index (χ3n) is 1.69. The van der Waals surface area contributed by atoms with E-state index in [1.165, 1.54) is 6.92 Å². The number of carboxylic acid groups (broad SMARTS) is 1. The van der Waals surface area contributed by atoms with E-state index in [0.717, 1.165) is 0 Å². The number of carboxylic acids is 1. The van der Waals surface area contributed by atoms with Gasteiger partial charge in [-0.2, -0.15) is 0 Å². The van der Waals surface area contributed by atoms with E-state index in [1.54, 1.807) is 12.4 Å². The van der Waals surface area contributed by atoms with E-state index in [-0.39, 0.29) is 6.54 Å². The van der Waals surface area contributed by atoms with E-state index in [9.17, 15) is 9.59 Å². The van der Waals surface area contributed by atoms with Crippen LogP contribution in [0, 0.1) is 0 Å². The standard InChI is InChI=1S/C8H12N4O3/c1-5(7(13)14)12-8(15)11-4-6-9-2-3-10-6/h2-3,5H,4H2,1H3,(H,9,10)(H,13,14)(H2,11,12,15)/t5-/m1/s1. The van der Waals surface area contributed by atoms with E-state index in [1.807, 2.05) is 0 Å². The molecule has 0 aromatic carbocycles. The van der Waals surface area contributed by atoms with Crippen LogP contribution in [0.4, 0.5) is 4.79 Å². The van der Waals surface area contributed by atoms with Gasteiger partial charge in [-0.25, -0.2) is 9.78 Å². The van der Waals surface area contributed by atoms with Gasteiger partial charge in [0.2, 0.25) is 0 Å². The molecule has 2 amide bonds. The van der Waals surface area contributed by atoms with Gasteiger partial charge in [-0.3, -0.25) is 4.79 Å². The second-order valence-electron chi connectivity index (χ2n) is 2.92. The number of urea groups is 1. The molecule has 1 aromatic heterocycles. The quantitative estimate of drug-likeness (QED) is 0.548. The molecule has 0 aliphatic heterocycles. The van der Waals surface area contributed by atoms with E-state index >= 15 is 0 Å². The van der Waals surface area contributed by atoms with Crippen LogP contribution in [-0.4, -0.2) is 33.1 Å². The molecule has 1 heterocycles. The van der Waals surface area contributed by atoms with E-state index in [0.29, 0.717) is 5.82 Å². The number of nitrogens with one attached hydrogen (secondary N) is 3. The Hall–Kier alpha value is -2.05. The fourth-order valence-electron chi connectivity index (χ4n) is 0.868. The molecule has 0 unspecified atom stereocenters. The van der Waals surface area contributed by atoms with Crippen molar-refractivity contribution in [3.63, 3.8) is 0 Å². The monoisotopic (exact) mass is 212 g/mol. The van der Waals surface area contributed by atoms with Crippen molar-refractivity contribution in [3.8, 4) is 0 Å². The molecule has 0 spiro atoms. The molecule has 1 atom stereocenters. The lowest BCUT2D eigenvalue weighted by molar-refractivity contribution is -0.138. The highest BCUT2D eigenvalue weighted by atomic mass is 16.4. The molecule has 0 saturated heterocycles. The number of carbonyl (C=O) groups is 2. The predicted molar refractivity (Wildman–Crippen MR) is 51.1 cm³/mol. The van der Waals surface area contributed by atoms with Gasteiger partial charge in [0.25, 0.3) is 0 Å². The highest BCUT2D eigenvalue weighted by Gasteiger charge is 2.13. The maximum absolute atomic E-state index is 11.1. The number of aromatic amines is 1. The zero-order valence-corrected chi connectivity index (χ0v) is 8.15. The van der Waals surface area contributed by atoms with Gasteiger partial charge in [0, 0.05) is 12.4 Å². The van der Waals surface area contributed by atoms with Crippen molar-refractivity contribution in [2.45, 2.75) is 19.5 Å². The smallest absolute Gasteiger partial charge is 0.325 e. The number of aliphatic carboxylic acids is 1. The van der Waals surface area contributed by atoms with Crippen molar-refractivity contribution in [2.75, 3.05) is 0 Å². The van der Waals surface area contributed by atoms with Crippen molar-refractivity contribution in [3.05, 3.63) is 18.2 Å². The van der Waals surface area contributed by atoms with Crippen molar-refractivity contribution < 1.29 is 14.7 Å². The minimum absolute atomic E-state index is 0.227. The molecule has 15 heavy (non-hydrogen) atoms. The van der Waals surface area contributed by atoms with Crippen LogP contribution >= 0.6 is 0 Å². The number of rotatable bonds is 4. The molecular formula is C8H12N4O3. The van der Waals surface area contributed by atoms with Crippen LogP contribution < -0.4 is 10.6 Å². The van der Waals surface area contributed by atoms with Gasteiger partial charge in [0.1, 0.15) is 11.9 Å². The first-order chi connectivity index (χ1) is 7.09. The van der Waals surface area contributed by atoms with Gasteiger partial charge in [-0.1, -0.05) is 0 Å². The number of carbonyl (C=O) groups excluding carboxylic acids is 1. The molecule has 0 bridgehead atoms. The number of imidazole rings is 1. The van der Waals surface area contributed by atoms with E-state index < -0.39 is 18.0 Å². The molecule has 1 rings (SSSR count). The number of H-pyrrole nitrogens is 1. The van der Waals surface area contributed by atoms with Crippen molar-refractivity contribution in [1.82, 2.24) is 20.6 Å². The minimum atomic E-state index is -1.08. The molecule has 0 aliphatic rings. The van der Waals surface area contributed by atoms with Crippen LogP contribution in [0.3, 0.4) is 0 Å². The summed E-state index contributed by atoms with van der Waals surface area (Å²) >= 11 is 0. The predicted octanol–water partition coefficient (Wildman–Crippen LogP) is -0.318. The third-order valence-corrected chi connectivity index (χ3v) is 1.69. The zero-order valence-electron chi connectivity index (χ0n) is 8.15. The Labute approximate surface area is 85.9 Å². The van der Waals surface area contributed by atoms with Crippen LogP contribution in [0.15, 0.2) is 12.4 Å². The van der Waals surface area contributed by atoms with Crippen LogP contribution in [0.1, 0.15) is 12.7 Å². The summed E-state index contributed by atoms with van der Waals surface area (Å²) in [6.45, 7) is 1.61. The number of hydrogen-bond donors (Lipinski definition) is 4. The first-order valence-corrected chi connectivity index (χ1v) is 4.35. The molecule has 7 nitrogen and oxygen atoms in total. The van der Waals surface area contributed by atoms with Crippen molar-refractivity contribution in [2.24, 2.45) is 0 Å². The number of nitrogens with zero attached hydrogens (tertiary/aromatic N) is 1. The number of hydrogen-bond acceptors (Lipinski definition) is 3. The first-order valence-electron chi connectivity index (χ1n) is 4.35. The summed E-state index contributed by atoms with van der Waals surface area (Å²) in [5.41, 5.74) is 0. The summed E-state index contributed by atoms with van der Waals surface area (Å²) in [6.07, 6.45) is 3.20. The van der Waals surface area contributed by atoms with Gasteiger partial charge in [0.05, 0.1) is 6.54 Å². The van der Waals surface area contributed by atoms with E-state index in [4.69, 9.17) is 5.11 Å². The molecule has 1 aromatic rings. The molecule has 0 radical (unpaired) electrons. The molecule has 0 fully saturated rings. The Balaban J connectivity index is 2.28. The molecule has 0 saturated carbocycles. The highest BCUT2D eigenvalue weighted by molar-refractivity contribution is 5.81. The first kappa shape index (κ1) is 11.0. The third kappa shape index (κ3) is 3.67. The molecule has 7 heteroatoms. The van der Waals surface area contributed by atoms with E-state index in [2.05, 4.69) is 20.6 Å². The largest absolute Gasteiger partial charge is 0.480 e. The number of amides is 2. The Morgan fingerprint density at radius 2 is 2.40 bits per heavy atom. The summed E-state index contributed by atoms with van der Waals surface area (Å²) in [5, 5.41) is 13.2. The van der Waals surface area contributed by atoms with Gasteiger partial charge in [-0.15, -0.1) is 0 Å². The van der Waals surface area contributed by atoms with Gasteiger partial charge < -0.3 is 20.7 Å². The normalized spacial score (nSPS) is 11.8. The Kier molecular flexibility index (Phi) is 3.67. The van der Waals surface area contributed by atoms with Crippen LogP contribution in [0.25, 0.3) is 0 Å². The fourth-order valence-corrected chi connectivity index (χ4v) is 0.868. The molecular weight excluding hydrogens is 200 g/mol. The van der Waals surface area contributed by atoms with Crippen LogP contribution in [0.5, 0.6) is 0 Å². The minimum Gasteiger partial charge on any atom is -0.480 e. The summed E-state index contributed by atoms with van der Waals surface area (Å²) in [5.74, 6) is -0.476. The average Bonchev–Trinajstić information content (AvgIpc) is 2.66. The lowest BCUT2D eigenvalue weighted by atomic mass is 10.3. The summed E-state index contributed by atoms with van der Waals surface area (Å²) in [4.78, 5) is 28.2. The summed E-state index contributed by atoms with van der Waals surface area (Å²) < 4.78 is 0. The van der Waals surface area contributed by atoms with Crippen LogP contribution in [-0.2, 0) is 11.3 Å². The lowest BCUT2D eigenvalue weighted by Crippen LogP contribution is -2.44. The second-order valence-corrected chi connectivity index (χ2v) is 2.92. The maximum Gasteiger partial charge on any atom is 0.325 e. The second kappa shape index (κ2) is 4.99. The maximum atomic E-state index is 11.1. The Morgan fingerprint density at radius 3 is 2.93 bits per heavy atom. The molecule has 82 valence electrons.